The van der Waals surface area contributed by atoms with Crippen molar-refractivity contribution in [1.82, 2.24) is 9.13 Å². The van der Waals surface area contributed by atoms with Crippen LogP contribution in [0, 0.1) is 0 Å². The quantitative estimate of drug-likeness (QED) is 0.825. The van der Waals surface area contributed by atoms with Crippen LogP contribution < -0.4 is 11.1 Å². The molecule has 2 aromatic heterocycles. The Hall–Kier alpha value is -2.10. The maximum Gasteiger partial charge on any atom is 0.258 e. The molecule has 0 aliphatic rings. The molecule has 0 aliphatic heterocycles. The molecular formula is C14H16N2O2. The molecule has 4 nitrogen and oxygen atoms in total. The van der Waals surface area contributed by atoms with Gasteiger partial charge in [0.2, 0.25) is 0 Å². The third-order valence-corrected chi connectivity index (χ3v) is 3.01. The van der Waals surface area contributed by atoms with E-state index >= 15 is 0 Å². The smallest absolute Gasteiger partial charge is 0.258 e. The summed E-state index contributed by atoms with van der Waals surface area (Å²) in [7, 11) is 0. The normalized spacial score (nSPS) is 10.6. The molecule has 4 heteroatoms. The second kappa shape index (κ2) is 5.04. The number of rotatable bonds is 3. The Balaban J connectivity index is 2.71. The molecule has 0 N–H and O–H groups in total. The molecule has 18 heavy (non-hydrogen) atoms. The fourth-order valence-electron chi connectivity index (χ4n) is 1.98. The molecule has 2 rings (SSSR count). The van der Waals surface area contributed by atoms with Crippen molar-refractivity contribution >= 4 is 0 Å². The van der Waals surface area contributed by atoms with Crippen LogP contribution in [0.25, 0.3) is 11.1 Å². The van der Waals surface area contributed by atoms with Gasteiger partial charge in [-0.25, -0.2) is 0 Å². The van der Waals surface area contributed by atoms with Crippen LogP contribution in [0.2, 0.25) is 0 Å². The van der Waals surface area contributed by atoms with E-state index in [1.54, 1.807) is 45.8 Å². The van der Waals surface area contributed by atoms with Gasteiger partial charge >= 0.3 is 0 Å². The average molecular weight is 244 g/mol. The molecule has 0 saturated heterocycles. The lowest BCUT2D eigenvalue weighted by molar-refractivity contribution is 0.720. The number of hydrogen-bond acceptors (Lipinski definition) is 2. The molecular weight excluding hydrogens is 228 g/mol. The fourth-order valence-corrected chi connectivity index (χ4v) is 1.98. The van der Waals surface area contributed by atoms with Crippen molar-refractivity contribution in [1.29, 1.82) is 0 Å². The van der Waals surface area contributed by atoms with Gasteiger partial charge in [0.15, 0.2) is 0 Å². The van der Waals surface area contributed by atoms with Crippen LogP contribution in [0.3, 0.4) is 0 Å². The molecule has 0 bridgehead atoms. The highest BCUT2D eigenvalue weighted by Gasteiger charge is 2.09. The average Bonchev–Trinajstić information content (AvgIpc) is 2.40. The largest absolute Gasteiger partial charge is 0.315 e. The molecule has 0 spiro atoms. The van der Waals surface area contributed by atoms with Gasteiger partial charge in [0.05, 0.1) is 11.1 Å². The van der Waals surface area contributed by atoms with Crippen LogP contribution >= 0.6 is 0 Å². The molecule has 0 fully saturated rings. The first-order valence-corrected chi connectivity index (χ1v) is 6.08. The zero-order valence-corrected chi connectivity index (χ0v) is 10.6. The van der Waals surface area contributed by atoms with Gasteiger partial charge in [-0.1, -0.05) is 0 Å². The maximum atomic E-state index is 12.2. The van der Waals surface area contributed by atoms with Gasteiger partial charge < -0.3 is 9.13 Å². The summed E-state index contributed by atoms with van der Waals surface area (Å²) in [5.74, 6) is 0. The van der Waals surface area contributed by atoms with Gasteiger partial charge in [-0.15, -0.1) is 0 Å². The summed E-state index contributed by atoms with van der Waals surface area (Å²) in [4.78, 5) is 24.3. The van der Waals surface area contributed by atoms with Gasteiger partial charge in [0.1, 0.15) is 0 Å². The van der Waals surface area contributed by atoms with Crippen molar-refractivity contribution in [2.45, 2.75) is 26.9 Å². The van der Waals surface area contributed by atoms with Crippen molar-refractivity contribution in [3.8, 4) is 11.1 Å². The summed E-state index contributed by atoms with van der Waals surface area (Å²) in [5.41, 5.74) is 0.691. The van der Waals surface area contributed by atoms with E-state index in [9.17, 15) is 9.59 Å². The first kappa shape index (κ1) is 12.4. The minimum absolute atomic E-state index is 0.119. The van der Waals surface area contributed by atoms with Crippen molar-refractivity contribution < 1.29 is 0 Å². The van der Waals surface area contributed by atoms with Gasteiger partial charge in [0, 0.05) is 25.5 Å². The van der Waals surface area contributed by atoms with Crippen LogP contribution in [0.1, 0.15) is 13.8 Å². The Bertz CT molecular complexity index is 608. The zero-order valence-electron chi connectivity index (χ0n) is 10.6. The van der Waals surface area contributed by atoms with Gasteiger partial charge in [0.25, 0.3) is 11.1 Å². The van der Waals surface area contributed by atoms with Crippen LogP contribution in [-0.2, 0) is 13.1 Å². The Morgan fingerprint density at radius 3 is 1.56 bits per heavy atom. The Morgan fingerprint density at radius 2 is 1.22 bits per heavy atom. The van der Waals surface area contributed by atoms with Gasteiger partial charge in [-0.2, -0.15) is 0 Å². The van der Waals surface area contributed by atoms with Crippen LogP contribution in [0.5, 0.6) is 0 Å². The lowest BCUT2D eigenvalue weighted by atomic mass is 10.1. The Morgan fingerprint density at radius 1 is 0.833 bits per heavy atom. The molecule has 0 aromatic carbocycles. The van der Waals surface area contributed by atoms with E-state index in [0.29, 0.717) is 24.2 Å². The predicted octanol–water partition coefficient (Wildman–Crippen LogP) is 1.72. The van der Waals surface area contributed by atoms with Crippen LogP contribution in [-0.4, -0.2) is 9.13 Å². The standard InChI is InChI=1S/C14H16N2O2/c1-3-15-9-5-7-11(13(15)17)12-8-6-10-16(4-2)14(12)18/h5-10H,3-4H2,1-2H3. The van der Waals surface area contributed by atoms with Gasteiger partial charge in [-0.3, -0.25) is 9.59 Å². The molecule has 94 valence electrons. The summed E-state index contributed by atoms with van der Waals surface area (Å²) in [6, 6.07) is 6.99. The van der Waals surface area contributed by atoms with Crippen molar-refractivity contribution in [2.24, 2.45) is 0 Å². The number of nitrogens with zero attached hydrogens (tertiary/aromatic N) is 2. The lowest BCUT2D eigenvalue weighted by Crippen LogP contribution is -2.25. The molecule has 2 heterocycles. The zero-order chi connectivity index (χ0) is 13.1. The number of hydrogen-bond donors (Lipinski definition) is 0. The third-order valence-electron chi connectivity index (χ3n) is 3.01. The van der Waals surface area contributed by atoms with E-state index in [-0.39, 0.29) is 11.1 Å². The minimum atomic E-state index is -0.119. The minimum Gasteiger partial charge on any atom is -0.315 e. The highest BCUT2D eigenvalue weighted by atomic mass is 16.1. The molecule has 0 saturated carbocycles. The van der Waals surface area contributed by atoms with Gasteiger partial charge in [-0.05, 0) is 38.1 Å². The predicted molar refractivity (Wildman–Crippen MR) is 71.7 cm³/mol. The molecule has 0 radical (unpaired) electrons. The SMILES string of the molecule is CCn1cccc(-c2cccn(CC)c2=O)c1=O. The summed E-state index contributed by atoms with van der Waals surface area (Å²) >= 11 is 0. The summed E-state index contributed by atoms with van der Waals surface area (Å²) in [5, 5.41) is 0. The van der Waals surface area contributed by atoms with E-state index in [0.717, 1.165) is 0 Å². The summed E-state index contributed by atoms with van der Waals surface area (Å²) < 4.78 is 3.19. The van der Waals surface area contributed by atoms with Crippen molar-refractivity contribution in [2.75, 3.05) is 0 Å². The molecule has 0 amide bonds. The summed E-state index contributed by atoms with van der Waals surface area (Å²) in [6.45, 7) is 5.00. The molecule has 2 aromatic rings. The highest BCUT2D eigenvalue weighted by molar-refractivity contribution is 5.60. The van der Waals surface area contributed by atoms with E-state index in [1.807, 2.05) is 13.8 Å². The maximum absolute atomic E-state index is 12.2. The first-order chi connectivity index (χ1) is 8.69. The Kier molecular flexibility index (Phi) is 3.46. The van der Waals surface area contributed by atoms with E-state index < -0.39 is 0 Å². The van der Waals surface area contributed by atoms with E-state index in [1.165, 1.54) is 0 Å². The summed E-state index contributed by atoms with van der Waals surface area (Å²) in [6.07, 6.45) is 3.46. The highest BCUT2D eigenvalue weighted by Crippen LogP contribution is 2.09. The second-order valence-electron chi connectivity index (χ2n) is 4.03. The Labute approximate surface area is 105 Å². The van der Waals surface area contributed by atoms with E-state index in [2.05, 4.69) is 0 Å². The fraction of sp³-hybridized carbons (Fsp3) is 0.286. The van der Waals surface area contributed by atoms with Crippen LogP contribution in [0.15, 0.2) is 46.2 Å². The number of aromatic nitrogens is 2. The molecule has 0 aliphatic carbocycles. The lowest BCUT2D eigenvalue weighted by Gasteiger charge is -2.07. The monoisotopic (exact) mass is 244 g/mol. The molecule has 0 unspecified atom stereocenters. The van der Waals surface area contributed by atoms with Crippen LogP contribution in [0.4, 0.5) is 0 Å². The molecule has 0 atom stereocenters. The topological polar surface area (TPSA) is 44.0 Å². The third kappa shape index (κ3) is 2.01. The first-order valence-electron chi connectivity index (χ1n) is 6.08. The second-order valence-corrected chi connectivity index (χ2v) is 4.03. The number of aryl methyl sites for hydroxylation is 2. The number of pyridine rings is 2. The van der Waals surface area contributed by atoms with E-state index in [4.69, 9.17) is 0 Å². The van der Waals surface area contributed by atoms with Crippen molar-refractivity contribution in [3.63, 3.8) is 0 Å². The van der Waals surface area contributed by atoms with Crippen molar-refractivity contribution in [3.05, 3.63) is 57.4 Å².